The van der Waals surface area contributed by atoms with E-state index < -0.39 is 15.7 Å². The van der Waals surface area contributed by atoms with Crippen LogP contribution < -0.4 is 19.1 Å². The molecule has 1 amide bonds. The van der Waals surface area contributed by atoms with Crippen LogP contribution in [0.4, 0.5) is 5.69 Å². The number of hydrogen-bond donors (Lipinski definition) is 0. The minimum absolute atomic E-state index is 0.0195. The fraction of sp³-hybridized carbons (Fsp3) is 0.333. The van der Waals surface area contributed by atoms with Crippen molar-refractivity contribution in [2.45, 2.75) is 11.3 Å². The smallest absolute Gasteiger partial charge is 0.285 e. The standard InChI is InChI=1S/C21H21ClN2O6S2/c1-28-15-7-8-16(18(9-15)29-2)24-17-11-32(26,27)12-19(17)31-21(24)23-20(25)10-30-14-5-3-13(22)4-6-14/h3-9,17,19H,10-12H2,1-2H3/t17-,19-/m1/s1. The number of amidine groups is 1. The third-order valence-corrected chi connectivity index (χ3v) is 8.57. The summed E-state index contributed by atoms with van der Waals surface area (Å²) < 4.78 is 40.8. The molecule has 0 N–H and O–H groups in total. The summed E-state index contributed by atoms with van der Waals surface area (Å²) in [4.78, 5) is 18.6. The summed E-state index contributed by atoms with van der Waals surface area (Å²) in [7, 11) is -0.116. The zero-order valence-corrected chi connectivity index (χ0v) is 19.7. The molecule has 0 unspecified atom stereocenters. The Balaban J connectivity index is 1.61. The fourth-order valence-corrected chi connectivity index (χ4v) is 7.70. The molecule has 0 radical (unpaired) electrons. The number of fused-ring (bicyclic) bond motifs is 1. The highest BCUT2D eigenvalue weighted by atomic mass is 35.5. The summed E-state index contributed by atoms with van der Waals surface area (Å²) in [6.07, 6.45) is 0. The number of amides is 1. The lowest BCUT2D eigenvalue weighted by Gasteiger charge is -2.26. The van der Waals surface area contributed by atoms with Crippen molar-refractivity contribution in [2.75, 3.05) is 37.2 Å². The molecule has 0 bridgehead atoms. The molecule has 170 valence electrons. The maximum absolute atomic E-state index is 12.6. The van der Waals surface area contributed by atoms with Crippen molar-refractivity contribution < 1.29 is 27.4 Å². The van der Waals surface area contributed by atoms with Gasteiger partial charge < -0.3 is 19.1 Å². The van der Waals surface area contributed by atoms with Crippen LogP contribution in [0.5, 0.6) is 17.2 Å². The van der Waals surface area contributed by atoms with Crippen LogP contribution in [0.15, 0.2) is 47.5 Å². The Bertz CT molecular complexity index is 1150. The summed E-state index contributed by atoms with van der Waals surface area (Å²) in [6, 6.07) is 11.5. The van der Waals surface area contributed by atoms with Crippen molar-refractivity contribution in [1.29, 1.82) is 0 Å². The molecule has 4 rings (SSSR count). The van der Waals surface area contributed by atoms with Gasteiger partial charge in [0, 0.05) is 16.3 Å². The summed E-state index contributed by atoms with van der Waals surface area (Å²) >= 11 is 7.14. The van der Waals surface area contributed by atoms with E-state index >= 15 is 0 Å². The van der Waals surface area contributed by atoms with E-state index in [1.165, 1.54) is 18.9 Å². The van der Waals surface area contributed by atoms with Gasteiger partial charge >= 0.3 is 0 Å². The Kier molecular flexibility index (Phi) is 6.55. The summed E-state index contributed by atoms with van der Waals surface area (Å²) in [5.41, 5.74) is 0.621. The third-order valence-electron chi connectivity index (χ3n) is 5.11. The molecule has 2 atom stereocenters. The fourth-order valence-electron chi connectivity index (χ4n) is 3.64. The van der Waals surface area contributed by atoms with Gasteiger partial charge in [0.15, 0.2) is 21.6 Å². The van der Waals surface area contributed by atoms with Gasteiger partial charge in [0.05, 0.1) is 37.5 Å². The number of methoxy groups -OCH3 is 2. The van der Waals surface area contributed by atoms with Crippen LogP contribution >= 0.6 is 23.4 Å². The van der Waals surface area contributed by atoms with Gasteiger partial charge in [-0.05, 0) is 36.4 Å². The first-order chi connectivity index (χ1) is 15.3. The number of ether oxygens (including phenoxy) is 3. The van der Waals surface area contributed by atoms with Gasteiger partial charge in [-0.25, -0.2) is 8.42 Å². The van der Waals surface area contributed by atoms with Gasteiger partial charge in [0.1, 0.15) is 17.2 Å². The largest absolute Gasteiger partial charge is 0.497 e. The number of anilines is 1. The second kappa shape index (κ2) is 9.21. The van der Waals surface area contributed by atoms with Crippen LogP contribution in [0.3, 0.4) is 0 Å². The number of nitrogens with zero attached hydrogens (tertiary/aromatic N) is 2. The Labute approximate surface area is 195 Å². The van der Waals surface area contributed by atoms with Crippen molar-refractivity contribution in [1.82, 2.24) is 0 Å². The maximum atomic E-state index is 12.6. The number of carbonyl (C=O) groups is 1. The Morgan fingerprint density at radius 1 is 1.12 bits per heavy atom. The molecule has 2 aliphatic rings. The van der Waals surface area contributed by atoms with Crippen molar-refractivity contribution in [2.24, 2.45) is 4.99 Å². The number of rotatable bonds is 6. The molecule has 0 aromatic heterocycles. The monoisotopic (exact) mass is 496 g/mol. The lowest BCUT2D eigenvalue weighted by molar-refractivity contribution is -0.119. The summed E-state index contributed by atoms with van der Waals surface area (Å²) in [5.74, 6) is 1.12. The van der Waals surface area contributed by atoms with Gasteiger partial charge in [-0.1, -0.05) is 23.4 Å². The predicted octanol–water partition coefficient (Wildman–Crippen LogP) is 3.04. The molecule has 2 fully saturated rings. The third kappa shape index (κ3) is 4.82. The van der Waals surface area contributed by atoms with E-state index in [0.29, 0.717) is 33.1 Å². The molecule has 11 heteroatoms. The topological polar surface area (TPSA) is 94.5 Å². The quantitative estimate of drug-likeness (QED) is 0.602. The zero-order valence-electron chi connectivity index (χ0n) is 17.4. The van der Waals surface area contributed by atoms with Gasteiger partial charge in [-0.3, -0.25) is 4.79 Å². The van der Waals surface area contributed by atoms with Crippen LogP contribution in [0.1, 0.15) is 0 Å². The first-order valence-corrected chi connectivity index (χ1v) is 12.8. The molecule has 2 aromatic rings. The van der Waals surface area contributed by atoms with Crippen molar-refractivity contribution in [3.05, 3.63) is 47.5 Å². The Morgan fingerprint density at radius 2 is 1.84 bits per heavy atom. The minimum Gasteiger partial charge on any atom is -0.497 e. The van der Waals surface area contributed by atoms with Crippen molar-refractivity contribution in [3.63, 3.8) is 0 Å². The number of halogens is 1. The molecule has 0 aliphatic carbocycles. The van der Waals surface area contributed by atoms with Gasteiger partial charge in [0.25, 0.3) is 5.91 Å². The highest BCUT2D eigenvalue weighted by molar-refractivity contribution is 8.16. The Hall–Kier alpha value is -2.43. The normalized spacial score (nSPS) is 22.6. The van der Waals surface area contributed by atoms with Crippen LogP contribution in [0.2, 0.25) is 5.02 Å². The SMILES string of the molecule is COc1ccc(N2C(=NC(=O)COc3ccc(Cl)cc3)S[C@@H]3CS(=O)(=O)C[C@H]32)c(OC)c1. The van der Waals surface area contributed by atoms with E-state index in [0.717, 1.165) is 0 Å². The molecule has 2 saturated heterocycles. The number of sulfone groups is 1. The predicted molar refractivity (Wildman–Crippen MR) is 125 cm³/mol. The van der Waals surface area contributed by atoms with Crippen LogP contribution in [-0.4, -0.2) is 63.1 Å². The van der Waals surface area contributed by atoms with Crippen LogP contribution in [0.25, 0.3) is 0 Å². The zero-order chi connectivity index (χ0) is 22.9. The summed E-state index contributed by atoms with van der Waals surface area (Å²) in [6.45, 7) is -0.257. The molecule has 2 aromatic carbocycles. The molecule has 8 nitrogen and oxygen atoms in total. The first kappa shape index (κ1) is 22.8. The Morgan fingerprint density at radius 3 is 2.53 bits per heavy atom. The highest BCUT2D eigenvalue weighted by Crippen LogP contribution is 2.44. The van der Waals surface area contributed by atoms with E-state index in [9.17, 15) is 13.2 Å². The van der Waals surface area contributed by atoms with Gasteiger partial charge in [0.2, 0.25) is 0 Å². The number of hydrogen-bond acceptors (Lipinski definition) is 7. The molecule has 2 heterocycles. The second-order valence-electron chi connectivity index (χ2n) is 7.24. The minimum atomic E-state index is -3.18. The van der Waals surface area contributed by atoms with E-state index in [2.05, 4.69) is 4.99 Å². The van der Waals surface area contributed by atoms with E-state index in [1.54, 1.807) is 54.5 Å². The number of aliphatic imine (C=N–C) groups is 1. The van der Waals surface area contributed by atoms with Crippen LogP contribution in [0, 0.1) is 0 Å². The lowest BCUT2D eigenvalue weighted by atomic mass is 10.2. The number of benzene rings is 2. The lowest BCUT2D eigenvalue weighted by Crippen LogP contribution is -2.38. The van der Waals surface area contributed by atoms with Crippen molar-refractivity contribution >= 4 is 50.0 Å². The maximum Gasteiger partial charge on any atom is 0.285 e. The second-order valence-corrected chi connectivity index (χ2v) is 11.0. The molecule has 0 spiro atoms. The van der Waals surface area contributed by atoms with Crippen molar-refractivity contribution in [3.8, 4) is 17.2 Å². The van der Waals surface area contributed by atoms with E-state index in [4.69, 9.17) is 25.8 Å². The highest BCUT2D eigenvalue weighted by Gasteiger charge is 2.50. The number of carbonyl (C=O) groups excluding carboxylic acids is 1. The van der Waals surface area contributed by atoms with Gasteiger partial charge in [-0.2, -0.15) is 4.99 Å². The number of thioether (sulfide) groups is 1. The average Bonchev–Trinajstić information content (AvgIpc) is 3.23. The average molecular weight is 497 g/mol. The molecular weight excluding hydrogens is 476 g/mol. The molecular formula is C21H21ClN2O6S2. The molecule has 32 heavy (non-hydrogen) atoms. The first-order valence-electron chi connectivity index (χ1n) is 9.68. The van der Waals surface area contributed by atoms with E-state index in [-0.39, 0.29) is 29.4 Å². The van der Waals surface area contributed by atoms with E-state index in [1.807, 2.05) is 0 Å². The molecule has 0 saturated carbocycles. The molecule has 2 aliphatic heterocycles. The van der Waals surface area contributed by atoms with Gasteiger partial charge in [-0.15, -0.1) is 0 Å². The summed E-state index contributed by atoms with van der Waals surface area (Å²) in [5, 5.41) is 0.760. The van der Waals surface area contributed by atoms with Crippen LogP contribution in [-0.2, 0) is 14.6 Å².